The van der Waals surface area contributed by atoms with Crippen molar-refractivity contribution in [3.05, 3.63) is 47.5 Å². The van der Waals surface area contributed by atoms with E-state index in [1.807, 2.05) is 0 Å². The molecule has 0 radical (unpaired) electrons. The lowest BCUT2D eigenvalue weighted by Crippen LogP contribution is -2.22. The first-order valence-electron chi connectivity index (χ1n) is 9.08. The van der Waals surface area contributed by atoms with Gasteiger partial charge in [-0.3, -0.25) is 0 Å². The average Bonchev–Trinajstić information content (AvgIpc) is 2.65. The molecule has 0 aromatic heterocycles. The summed E-state index contributed by atoms with van der Waals surface area (Å²) < 4.78 is 57.4. The molecule has 164 valence electrons. The van der Waals surface area contributed by atoms with Gasteiger partial charge in [-0.25, -0.2) is 4.79 Å². The molecular weight excluding hydrogens is 432 g/mol. The number of carbonyl (C=O) groups is 1. The van der Waals surface area contributed by atoms with E-state index in [9.17, 15) is 21.6 Å². The molecule has 0 bridgehead atoms. The fraction of sp³-hybridized carbons (Fsp3) is 0.316. The van der Waals surface area contributed by atoms with E-state index in [0.29, 0.717) is 0 Å². The van der Waals surface area contributed by atoms with Gasteiger partial charge < -0.3 is 19.0 Å². The van der Waals surface area contributed by atoms with Crippen LogP contribution in [0.2, 0.25) is 0 Å². The fourth-order valence-electron chi connectivity index (χ4n) is 2.27. The third-order valence-electron chi connectivity index (χ3n) is 3.91. The maximum absolute atomic E-state index is 12.5. The summed E-state index contributed by atoms with van der Waals surface area (Å²) in [7, 11) is -7.60. The molecular formula is C19H24N2O7S2. The van der Waals surface area contributed by atoms with E-state index < -0.39 is 26.3 Å². The molecule has 0 aliphatic heterocycles. The Balaban J connectivity index is 2.27. The summed E-state index contributed by atoms with van der Waals surface area (Å²) >= 11 is 0. The van der Waals surface area contributed by atoms with Gasteiger partial charge in [-0.2, -0.15) is 16.8 Å². The van der Waals surface area contributed by atoms with Crippen LogP contribution < -0.4 is 19.0 Å². The Morgan fingerprint density at radius 2 is 1.13 bits per heavy atom. The second-order valence-corrected chi connectivity index (χ2v) is 10.2. The summed E-state index contributed by atoms with van der Waals surface area (Å²) in [6.07, 6.45) is 0. The number of nitrogens with one attached hydrogen (secondary N) is 2. The molecule has 0 aliphatic rings. The molecule has 0 atom stereocenters. The monoisotopic (exact) mass is 456 g/mol. The van der Waals surface area contributed by atoms with Gasteiger partial charge in [-0.1, -0.05) is 12.1 Å². The van der Waals surface area contributed by atoms with E-state index in [2.05, 4.69) is 10.6 Å². The minimum absolute atomic E-state index is 0.0269. The summed E-state index contributed by atoms with van der Waals surface area (Å²) in [5, 5.41) is 5.01. The van der Waals surface area contributed by atoms with Gasteiger partial charge in [0.1, 0.15) is 0 Å². The number of urea groups is 1. The van der Waals surface area contributed by atoms with Crippen molar-refractivity contribution in [3.63, 3.8) is 0 Å². The van der Waals surface area contributed by atoms with Crippen molar-refractivity contribution in [1.82, 2.24) is 0 Å². The first kappa shape index (κ1) is 23.5. The molecule has 0 saturated heterocycles. The second-order valence-electron chi connectivity index (χ2n) is 6.44. The molecule has 0 saturated carbocycles. The second kappa shape index (κ2) is 9.35. The number of hydrogen-bond acceptors (Lipinski definition) is 7. The topological polar surface area (TPSA) is 128 Å². The quantitative estimate of drug-likeness (QED) is 0.583. The van der Waals surface area contributed by atoms with Gasteiger partial charge in [0.05, 0.1) is 22.9 Å². The largest absolute Gasteiger partial charge is 0.380 e. The average molecular weight is 457 g/mol. The Hall–Kier alpha value is -2.79. The highest BCUT2D eigenvalue weighted by Crippen LogP contribution is 2.30. The molecule has 2 N–H and O–H groups in total. The van der Waals surface area contributed by atoms with E-state index in [-0.39, 0.29) is 34.4 Å². The van der Waals surface area contributed by atoms with Crippen LogP contribution in [-0.2, 0) is 20.2 Å². The number of benzene rings is 2. The lowest BCUT2D eigenvalue weighted by molar-refractivity contribution is 0.262. The lowest BCUT2D eigenvalue weighted by Gasteiger charge is -2.15. The van der Waals surface area contributed by atoms with E-state index in [1.165, 1.54) is 38.1 Å². The van der Waals surface area contributed by atoms with E-state index >= 15 is 0 Å². The molecule has 2 amide bonds. The summed E-state index contributed by atoms with van der Waals surface area (Å²) in [5.74, 6) is -0.521. The summed E-state index contributed by atoms with van der Waals surface area (Å²) in [5.41, 5.74) is 1.74. The van der Waals surface area contributed by atoms with E-state index in [4.69, 9.17) is 8.37 Å². The number of hydrogen-bond donors (Lipinski definition) is 2. The zero-order valence-electron chi connectivity index (χ0n) is 17.1. The maximum Gasteiger partial charge on any atom is 0.323 e. The molecule has 2 aromatic carbocycles. The van der Waals surface area contributed by atoms with Gasteiger partial charge in [-0.05, 0) is 63.1 Å². The molecule has 2 rings (SSSR count). The summed E-state index contributed by atoms with van der Waals surface area (Å²) in [6.45, 7) is 6.38. The number of anilines is 2. The molecule has 2 aromatic rings. The van der Waals surface area contributed by atoms with Crippen LogP contribution in [0.15, 0.2) is 36.4 Å². The smallest absolute Gasteiger partial charge is 0.323 e. The van der Waals surface area contributed by atoms with Crippen molar-refractivity contribution >= 4 is 37.6 Å². The molecule has 0 aliphatic carbocycles. The number of rotatable bonds is 8. The standard InChI is InChI=1S/C19H24N2O7S2/c1-5-29(23,24)27-17-11-13(3)7-9-15(17)20-19(22)21-16-10-8-14(4)12-18(16)28-30(25,26)6-2/h7-12H,5-6H2,1-4H3,(H2,20,21,22). The molecule has 9 nitrogen and oxygen atoms in total. The highest BCUT2D eigenvalue weighted by Gasteiger charge is 2.18. The highest BCUT2D eigenvalue weighted by molar-refractivity contribution is 7.87. The summed E-state index contributed by atoms with van der Waals surface area (Å²) in [6, 6.07) is 8.59. The van der Waals surface area contributed by atoms with Crippen molar-refractivity contribution in [1.29, 1.82) is 0 Å². The Morgan fingerprint density at radius 3 is 1.47 bits per heavy atom. The van der Waals surface area contributed by atoms with Gasteiger partial charge in [-0.15, -0.1) is 0 Å². The SMILES string of the molecule is CCS(=O)(=O)Oc1cc(C)ccc1NC(=O)Nc1ccc(C)cc1OS(=O)(=O)CC. The predicted molar refractivity (Wildman–Crippen MR) is 115 cm³/mol. The fourth-order valence-corrected chi connectivity index (χ4v) is 3.33. The normalized spacial score (nSPS) is 11.6. The Labute approximate surface area is 176 Å². The lowest BCUT2D eigenvalue weighted by atomic mass is 10.2. The Bertz CT molecular complexity index is 1050. The van der Waals surface area contributed by atoms with Crippen LogP contribution in [0.3, 0.4) is 0 Å². The Morgan fingerprint density at radius 1 is 0.767 bits per heavy atom. The van der Waals surface area contributed by atoms with Crippen LogP contribution in [-0.4, -0.2) is 34.4 Å². The predicted octanol–water partition coefficient (Wildman–Crippen LogP) is 3.40. The molecule has 11 heteroatoms. The minimum Gasteiger partial charge on any atom is -0.380 e. The number of aryl methyl sites for hydroxylation is 2. The number of amides is 2. The number of carbonyl (C=O) groups excluding carboxylic acids is 1. The molecule has 0 heterocycles. The van der Waals surface area contributed by atoms with Gasteiger partial charge in [0.15, 0.2) is 11.5 Å². The molecule has 0 fully saturated rings. The van der Waals surface area contributed by atoms with Crippen LogP contribution in [0, 0.1) is 13.8 Å². The van der Waals surface area contributed by atoms with Crippen molar-refractivity contribution in [3.8, 4) is 11.5 Å². The zero-order valence-corrected chi connectivity index (χ0v) is 18.7. The first-order chi connectivity index (χ1) is 13.9. The van der Waals surface area contributed by atoms with Crippen LogP contribution >= 0.6 is 0 Å². The van der Waals surface area contributed by atoms with Crippen LogP contribution in [0.5, 0.6) is 11.5 Å². The van der Waals surface area contributed by atoms with Crippen molar-refractivity contribution in [2.45, 2.75) is 27.7 Å². The van der Waals surface area contributed by atoms with Gasteiger partial charge in [0.2, 0.25) is 0 Å². The highest BCUT2D eigenvalue weighted by atomic mass is 32.2. The molecule has 0 unspecified atom stereocenters. The first-order valence-corrected chi connectivity index (χ1v) is 12.2. The molecule has 0 spiro atoms. The van der Waals surface area contributed by atoms with E-state index in [0.717, 1.165) is 11.1 Å². The summed E-state index contributed by atoms with van der Waals surface area (Å²) in [4.78, 5) is 12.5. The van der Waals surface area contributed by atoms with Crippen LogP contribution in [0.4, 0.5) is 16.2 Å². The van der Waals surface area contributed by atoms with Gasteiger partial charge in [0, 0.05) is 0 Å². The maximum atomic E-state index is 12.5. The van der Waals surface area contributed by atoms with Crippen molar-refractivity contribution in [2.24, 2.45) is 0 Å². The Kier molecular flexibility index (Phi) is 7.32. The zero-order chi connectivity index (χ0) is 22.5. The molecule has 30 heavy (non-hydrogen) atoms. The minimum atomic E-state index is -3.80. The van der Waals surface area contributed by atoms with Gasteiger partial charge >= 0.3 is 26.3 Å². The third kappa shape index (κ3) is 6.63. The van der Waals surface area contributed by atoms with E-state index in [1.54, 1.807) is 26.0 Å². The third-order valence-corrected chi connectivity index (χ3v) is 6.19. The van der Waals surface area contributed by atoms with Crippen LogP contribution in [0.1, 0.15) is 25.0 Å². The van der Waals surface area contributed by atoms with Crippen molar-refractivity contribution in [2.75, 3.05) is 22.1 Å². The van der Waals surface area contributed by atoms with Crippen molar-refractivity contribution < 1.29 is 30.0 Å². The van der Waals surface area contributed by atoms with Crippen LogP contribution in [0.25, 0.3) is 0 Å². The van der Waals surface area contributed by atoms with Gasteiger partial charge in [0.25, 0.3) is 0 Å².